The average molecular weight is 343 g/mol. The second-order valence-electron chi connectivity index (χ2n) is 5.86. The second-order valence-corrected chi connectivity index (χ2v) is 5.86. The molecule has 1 aliphatic heterocycles. The van der Waals surface area contributed by atoms with Gasteiger partial charge in [-0.3, -0.25) is 4.79 Å². The maximum Gasteiger partial charge on any atom is 0.272 e. The number of nitrogens with zero attached hydrogens (tertiary/aromatic N) is 3. The standard InChI is InChI=1S/C18H21N3O4/c1-23-18(13-25-15-5-3-2-4-6-15)11-21(9-10-24-12-18)17(22)16-7-8-19-14-20-16/h2-8,14H,9-13H2,1H3/t18-/m0/s1. The van der Waals surface area contributed by atoms with Gasteiger partial charge in [0.25, 0.3) is 5.91 Å². The van der Waals surface area contributed by atoms with E-state index >= 15 is 0 Å². The van der Waals surface area contributed by atoms with Crippen molar-refractivity contribution in [2.45, 2.75) is 5.60 Å². The van der Waals surface area contributed by atoms with E-state index in [4.69, 9.17) is 14.2 Å². The van der Waals surface area contributed by atoms with Crippen LogP contribution in [0.15, 0.2) is 48.9 Å². The highest BCUT2D eigenvalue weighted by atomic mass is 16.6. The molecule has 0 N–H and O–H groups in total. The number of carbonyl (C=O) groups excluding carboxylic acids is 1. The lowest BCUT2D eigenvalue weighted by molar-refractivity contribution is -0.0899. The van der Waals surface area contributed by atoms with Gasteiger partial charge in [-0.1, -0.05) is 18.2 Å². The summed E-state index contributed by atoms with van der Waals surface area (Å²) in [5.74, 6) is 0.575. The van der Waals surface area contributed by atoms with Gasteiger partial charge in [-0.15, -0.1) is 0 Å². The highest BCUT2D eigenvalue weighted by Gasteiger charge is 2.38. The molecule has 0 saturated carbocycles. The third-order valence-electron chi connectivity index (χ3n) is 4.12. The molecule has 132 valence electrons. The lowest BCUT2D eigenvalue weighted by Crippen LogP contribution is -2.51. The zero-order valence-electron chi connectivity index (χ0n) is 14.1. The molecule has 25 heavy (non-hydrogen) atoms. The van der Waals surface area contributed by atoms with E-state index in [1.807, 2.05) is 30.3 Å². The zero-order valence-corrected chi connectivity index (χ0v) is 14.1. The van der Waals surface area contributed by atoms with Gasteiger partial charge >= 0.3 is 0 Å². The van der Waals surface area contributed by atoms with Gasteiger partial charge in [-0.2, -0.15) is 0 Å². The van der Waals surface area contributed by atoms with Crippen LogP contribution in [0.2, 0.25) is 0 Å². The number of para-hydroxylation sites is 1. The summed E-state index contributed by atoms with van der Waals surface area (Å²) in [7, 11) is 1.61. The molecule has 3 rings (SSSR count). The lowest BCUT2D eigenvalue weighted by Gasteiger charge is -2.33. The van der Waals surface area contributed by atoms with Crippen LogP contribution < -0.4 is 4.74 Å². The molecule has 1 aromatic heterocycles. The zero-order chi connectivity index (χ0) is 17.5. The summed E-state index contributed by atoms with van der Waals surface area (Å²) in [5.41, 5.74) is -0.388. The normalized spacial score (nSPS) is 20.8. The molecule has 1 aliphatic rings. The van der Waals surface area contributed by atoms with Gasteiger partial charge in [0.1, 0.15) is 30.0 Å². The molecular formula is C18H21N3O4. The maximum absolute atomic E-state index is 12.7. The lowest BCUT2D eigenvalue weighted by atomic mass is 10.1. The first kappa shape index (κ1) is 17.3. The summed E-state index contributed by atoms with van der Waals surface area (Å²) in [4.78, 5) is 22.3. The molecule has 2 aromatic rings. The van der Waals surface area contributed by atoms with E-state index in [2.05, 4.69) is 9.97 Å². The number of benzene rings is 1. The van der Waals surface area contributed by atoms with E-state index in [-0.39, 0.29) is 12.5 Å². The van der Waals surface area contributed by atoms with Crippen LogP contribution in [0.1, 0.15) is 10.5 Å². The van der Waals surface area contributed by atoms with E-state index in [1.165, 1.54) is 6.33 Å². The van der Waals surface area contributed by atoms with Gasteiger partial charge in [0.15, 0.2) is 0 Å². The van der Waals surface area contributed by atoms with Gasteiger partial charge < -0.3 is 19.1 Å². The number of ether oxygens (including phenoxy) is 3. The van der Waals surface area contributed by atoms with Crippen molar-refractivity contribution in [3.05, 3.63) is 54.6 Å². The Balaban J connectivity index is 1.73. The minimum atomic E-state index is -0.741. The van der Waals surface area contributed by atoms with Crippen molar-refractivity contribution in [3.63, 3.8) is 0 Å². The first-order chi connectivity index (χ1) is 12.2. The van der Waals surface area contributed by atoms with Crippen molar-refractivity contribution in [2.75, 3.05) is 40.0 Å². The molecule has 7 heteroatoms. The Hall–Kier alpha value is -2.51. The number of hydrogen-bond donors (Lipinski definition) is 0. The van der Waals surface area contributed by atoms with E-state index in [0.29, 0.717) is 32.0 Å². The predicted molar refractivity (Wildman–Crippen MR) is 90.4 cm³/mol. The summed E-state index contributed by atoms with van der Waals surface area (Å²) in [6.45, 7) is 1.90. The van der Waals surface area contributed by atoms with Crippen LogP contribution in [-0.2, 0) is 9.47 Å². The Morgan fingerprint density at radius 1 is 1.32 bits per heavy atom. The maximum atomic E-state index is 12.7. The first-order valence-electron chi connectivity index (χ1n) is 8.08. The molecule has 1 saturated heterocycles. The quantitative estimate of drug-likeness (QED) is 0.817. The molecule has 0 aliphatic carbocycles. The Morgan fingerprint density at radius 3 is 2.88 bits per heavy atom. The Bertz CT molecular complexity index is 683. The van der Waals surface area contributed by atoms with Gasteiger partial charge in [0.2, 0.25) is 0 Å². The van der Waals surface area contributed by atoms with E-state index in [9.17, 15) is 4.79 Å². The summed E-state index contributed by atoms with van der Waals surface area (Å²) >= 11 is 0. The monoisotopic (exact) mass is 343 g/mol. The highest BCUT2D eigenvalue weighted by molar-refractivity contribution is 5.92. The molecule has 0 radical (unpaired) electrons. The Labute approximate surface area is 146 Å². The van der Waals surface area contributed by atoms with Crippen LogP contribution in [0.3, 0.4) is 0 Å². The van der Waals surface area contributed by atoms with Crippen molar-refractivity contribution in [1.29, 1.82) is 0 Å². The number of aromatic nitrogens is 2. The van der Waals surface area contributed by atoms with Crippen molar-refractivity contribution in [3.8, 4) is 5.75 Å². The molecule has 1 fully saturated rings. The van der Waals surface area contributed by atoms with Gasteiger partial charge in [-0.05, 0) is 18.2 Å². The topological polar surface area (TPSA) is 73.8 Å². The summed E-state index contributed by atoms with van der Waals surface area (Å²) in [6.07, 6.45) is 2.92. The molecule has 0 bridgehead atoms. The van der Waals surface area contributed by atoms with Crippen LogP contribution in [0, 0.1) is 0 Å². The Kier molecular flexibility index (Phi) is 5.57. The summed E-state index contributed by atoms with van der Waals surface area (Å²) in [6, 6.07) is 11.1. The fraction of sp³-hybridized carbons (Fsp3) is 0.389. The molecule has 1 atom stereocenters. The number of hydrogen-bond acceptors (Lipinski definition) is 6. The molecule has 0 unspecified atom stereocenters. The number of carbonyl (C=O) groups is 1. The number of methoxy groups -OCH3 is 1. The van der Waals surface area contributed by atoms with Crippen molar-refractivity contribution >= 4 is 5.91 Å². The number of rotatable bonds is 5. The third-order valence-corrected chi connectivity index (χ3v) is 4.12. The molecule has 1 amide bonds. The molecule has 2 heterocycles. The van der Waals surface area contributed by atoms with Crippen molar-refractivity contribution in [1.82, 2.24) is 14.9 Å². The van der Waals surface area contributed by atoms with E-state index in [0.717, 1.165) is 5.75 Å². The van der Waals surface area contributed by atoms with Crippen LogP contribution >= 0.6 is 0 Å². The van der Waals surface area contributed by atoms with Crippen LogP contribution in [-0.4, -0.2) is 66.4 Å². The fourth-order valence-corrected chi connectivity index (χ4v) is 2.66. The van der Waals surface area contributed by atoms with Crippen LogP contribution in [0.4, 0.5) is 0 Å². The van der Waals surface area contributed by atoms with E-state index < -0.39 is 5.60 Å². The predicted octanol–water partition coefficient (Wildman–Crippen LogP) is 1.41. The molecule has 1 aromatic carbocycles. The summed E-state index contributed by atoms with van der Waals surface area (Å²) < 4.78 is 17.3. The smallest absolute Gasteiger partial charge is 0.272 e. The van der Waals surface area contributed by atoms with Crippen LogP contribution in [0.5, 0.6) is 5.75 Å². The highest BCUT2D eigenvalue weighted by Crippen LogP contribution is 2.20. The van der Waals surface area contributed by atoms with Gasteiger partial charge in [-0.25, -0.2) is 9.97 Å². The van der Waals surface area contributed by atoms with Gasteiger partial charge in [0.05, 0.1) is 19.8 Å². The van der Waals surface area contributed by atoms with Crippen molar-refractivity contribution < 1.29 is 19.0 Å². The minimum Gasteiger partial charge on any atom is -0.490 e. The average Bonchev–Trinajstić information content (AvgIpc) is 2.91. The SMILES string of the molecule is CO[C@]1(COc2ccccc2)COCCN(C(=O)c2ccncn2)C1. The van der Waals surface area contributed by atoms with Crippen LogP contribution in [0.25, 0.3) is 0 Å². The fourth-order valence-electron chi connectivity index (χ4n) is 2.66. The Morgan fingerprint density at radius 2 is 2.16 bits per heavy atom. The minimum absolute atomic E-state index is 0.172. The second kappa shape index (κ2) is 8.04. The van der Waals surface area contributed by atoms with Crippen molar-refractivity contribution in [2.24, 2.45) is 0 Å². The first-order valence-corrected chi connectivity index (χ1v) is 8.08. The molecule has 7 nitrogen and oxygen atoms in total. The third kappa shape index (κ3) is 4.32. The van der Waals surface area contributed by atoms with Gasteiger partial charge in [0, 0.05) is 19.9 Å². The number of amides is 1. The summed E-state index contributed by atoms with van der Waals surface area (Å²) in [5, 5.41) is 0. The molecule has 0 spiro atoms. The molecular weight excluding hydrogens is 322 g/mol. The van der Waals surface area contributed by atoms with E-state index in [1.54, 1.807) is 24.3 Å². The largest absolute Gasteiger partial charge is 0.490 e.